The van der Waals surface area contributed by atoms with Gasteiger partial charge in [0.2, 0.25) is 70.9 Å². The molecule has 1 saturated heterocycles. The number of imidazole rings is 1. The minimum atomic E-state index is -1.88. The van der Waals surface area contributed by atoms with Crippen molar-refractivity contribution in [2.75, 3.05) is 13.1 Å². The number of aromatic amines is 1. The number of carboxylic acid groups (broad SMARTS) is 3. The van der Waals surface area contributed by atoms with Gasteiger partial charge in [-0.1, -0.05) is 95.9 Å². The van der Waals surface area contributed by atoms with Gasteiger partial charge in [-0.15, -0.1) is 0 Å². The number of hydrogen-bond acceptors (Lipinski definition) is 19. The van der Waals surface area contributed by atoms with Crippen LogP contribution >= 0.6 is 0 Å². The summed E-state index contributed by atoms with van der Waals surface area (Å²) in [5.74, 6) is -18.3. The van der Waals surface area contributed by atoms with Gasteiger partial charge in [-0.2, -0.15) is 0 Å². The minimum Gasteiger partial charge on any atom is -0.481 e. The molecule has 0 bridgehead atoms. The first-order valence-corrected chi connectivity index (χ1v) is 34.6. The van der Waals surface area contributed by atoms with Crippen LogP contribution in [0.4, 0.5) is 0 Å². The Labute approximate surface area is 589 Å². The van der Waals surface area contributed by atoms with Crippen molar-refractivity contribution < 1.29 is 92.3 Å². The number of rotatable bonds is 45. The van der Waals surface area contributed by atoms with Gasteiger partial charge in [0.15, 0.2) is 0 Å². The average molecular weight is 1430 g/mol. The molecule has 0 saturated carbocycles. The van der Waals surface area contributed by atoms with Crippen molar-refractivity contribution in [2.24, 2.45) is 47.0 Å². The molecule has 2 rings (SSSR count). The third-order valence-electron chi connectivity index (χ3n) is 17.5. The molecule has 1 aliphatic rings. The number of amides is 12. The molecule has 1 aliphatic heterocycles. The lowest BCUT2D eigenvalue weighted by molar-refractivity contribution is -0.144. The van der Waals surface area contributed by atoms with Crippen molar-refractivity contribution >= 4 is 88.8 Å². The molecule has 0 aliphatic carbocycles. The number of likely N-dealkylation sites (tertiary alicyclic amines) is 1. The van der Waals surface area contributed by atoms with Crippen molar-refractivity contribution in [2.45, 2.75) is 259 Å². The van der Waals surface area contributed by atoms with E-state index in [0.717, 1.165) is 0 Å². The first kappa shape index (κ1) is 88.2. The molecule has 1 aromatic rings. The Morgan fingerprint density at radius 1 is 0.535 bits per heavy atom. The van der Waals surface area contributed by atoms with E-state index < -0.39 is 216 Å². The van der Waals surface area contributed by atoms with Gasteiger partial charge >= 0.3 is 17.9 Å². The highest BCUT2D eigenvalue weighted by atomic mass is 16.4. The van der Waals surface area contributed by atoms with E-state index in [1.807, 2.05) is 6.92 Å². The highest BCUT2D eigenvalue weighted by Gasteiger charge is 2.43. The summed E-state index contributed by atoms with van der Waals surface area (Å²) in [7, 11) is 0. The second kappa shape index (κ2) is 43.1. The van der Waals surface area contributed by atoms with E-state index in [1.54, 1.807) is 62.3 Å². The molecule has 0 spiro atoms. The van der Waals surface area contributed by atoms with E-state index >= 15 is 0 Å². The maximum Gasteiger partial charge on any atom is 0.326 e. The summed E-state index contributed by atoms with van der Waals surface area (Å²) in [5.41, 5.74) is 11.9. The number of aromatic nitrogens is 2. The zero-order valence-corrected chi connectivity index (χ0v) is 60.6. The predicted octanol–water partition coefficient (Wildman–Crippen LogP) is -2.34. The Morgan fingerprint density at radius 3 is 1.50 bits per heavy atom. The molecular weight excluding hydrogens is 1320 g/mol. The molecule has 12 amide bonds. The number of aliphatic hydroxyl groups is 1. The van der Waals surface area contributed by atoms with Crippen LogP contribution in [0.2, 0.25) is 0 Å². The Morgan fingerprint density at radius 2 is 1.01 bits per heavy atom. The van der Waals surface area contributed by atoms with Crippen molar-refractivity contribution in [3.8, 4) is 0 Å². The lowest BCUT2D eigenvalue weighted by Gasteiger charge is -2.33. The van der Waals surface area contributed by atoms with E-state index in [0.29, 0.717) is 38.6 Å². The van der Waals surface area contributed by atoms with E-state index in [2.05, 4.69) is 68.5 Å². The third-order valence-corrected chi connectivity index (χ3v) is 17.5. The summed E-state index contributed by atoms with van der Waals surface area (Å²) >= 11 is 0. The van der Waals surface area contributed by atoms with Crippen molar-refractivity contribution in [3.63, 3.8) is 0 Å². The van der Waals surface area contributed by atoms with Gasteiger partial charge in [0, 0.05) is 31.3 Å². The van der Waals surface area contributed by atoms with Gasteiger partial charge in [-0.05, 0) is 101 Å². The number of nitrogens with one attached hydrogen (secondary N) is 12. The Balaban J connectivity index is 2.41. The fraction of sp³-hybridized carbons (Fsp3) is 0.727. The predicted molar refractivity (Wildman–Crippen MR) is 366 cm³/mol. The molecule has 0 unspecified atom stereocenters. The van der Waals surface area contributed by atoms with E-state index in [4.69, 9.17) is 11.5 Å². The zero-order valence-electron chi connectivity index (χ0n) is 60.6. The number of aliphatic hydroxyl groups excluding tert-OH is 1. The highest BCUT2D eigenvalue weighted by molar-refractivity contribution is 6.00. The number of hydrogen-bond donors (Lipinski definition) is 18. The lowest BCUT2D eigenvalue weighted by atomic mass is 9.96. The fourth-order valence-corrected chi connectivity index (χ4v) is 10.9. The quantitative estimate of drug-likeness (QED) is 0.0304. The van der Waals surface area contributed by atoms with E-state index in [9.17, 15) is 92.3 Å². The molecule has 0 aromatic carbocycles. The Hall–Kier alpha value is -8.86. The van der Waals surface area contributed by atoms with Crippen molar-refractivity contribution in [1.29, 1.82) is 0 Å². The van der Waals surface area contributed by atoms with Crippen LogP contribution in [0, 0.1) is 35.5 Å². The summed E-state index contributed by atoms with van der Waals surface area (Å²) in [4.78, 5) is 212. The summed E-state index contributed by atoms with van der Waals surface area (Å²) in [5, 5.41) is 67.6. The van der Waals surface area contributed by atoms with Crippen LogP contribution in [0.25, 0.3) is 0 Å². The van der Waals surface area contributed by atoms with E-state index in [-0.39, 0.29) is 49.8 Å². The molecule has 101 heavy (non-hydrogen) atoms. The summed E-state index contributed by atoms with van der Waals surface area (Å²) in [6, 6.07) is -18.6. The summed E-state index contributed by atoms with van der Waals surface area (Å²) in [6.07, 6.45) is 0.878. The number of carboxylic acids is 3. The topological polar surface area (TPSA) is 553 Å². The van der Waals surface area contributed by atoms with Crippen molar-refractivity contribution in [3.05, 3.63) is 18.2 Å². The second-order valence-electron chi connectivity index (χ2n) is 27.5. The molecule has 570 valence electrons. The van der Waals surface area contributed by atoms with Gasteiger partial charge in [0.05, 0.1) is 24.9 Å². The average Bonchev–Trinajstić information content (AvgIpc) is 1.76. The first-order chi connectivity index (χ1) is 47.2. The van der Waals surface area contributed by atoms with Crippen LogP contribution < -0.4 is 70.0 Å². The van der Waals surface area contributed by atoms with Crippen molar-refractivity contribution in [1.82, 2.24) is 73.4 Å². The Kier molecular flexibility index (Phi) is 37.6. The van der Waals surface area contributed by atoms with E-state index in [1.165, 1.54) is 45.1 Å². The Bertz CT molecular complexity index is 2980. The number of carbonyl (C=O) groups is 15. The largest absolute Gasteiger partial charge is 0.481 e. The summed E-state index contributed by atoms with van der Waals surface area (Å²) < 4.78 is 0. The maximum atomic E-state index is 14.6. The molecule has 1 fully saturated rings. The standard InChI is InChI=1S/C66H112N16O19/c1-15-35(11)48(68)60(94)81-53(38(14)83)64(98)79-51(34(9)10)63(97)78-50(33(7)8)62(96)76-44(28-47(86)87)56(90)71-37(13)54(88)74-42(26-31(3)4)57(91)75-43(27-39-29-69-30-70-39)58(92)72-40(22-23-46(84)85)55(89)80-52(36(12)16-2)65(99)82-25-19-21-45(82)59(93)77-49(32(5)6)61(95)73-41(66(100)101)20-17-18-24-67/h29-38,40-45,48-53,83H,15-28,67-68H2,1-14H3,(H,69,70)(H,71,90)(H,72,92)(H,73,95)(H,74,88)(H,75,91)(H,76,96)(H,77,93)(H,78,97)(H,79,98)(H,80,89)(H,81,94)(H,84,85)(H,86,87)(H,100,101)/t35-,36-,37-,38+,40-,41-,42-,43-,44-,45-,48-,49-,50-,51-,52-,53-/m0/s1. The molecule has 2 heterocycles. The minimum absolute atomic E-state index is 0.0538. The lowest BCUT2D eigenvalue weighted by Crippen LogP contribution is -2.62. The van der Waals surface area contributed by atoms with Crippen LogP contribution in [-0.2, 0) is 78.3 Å². The highest BCUT2D eigenvalue weighted by Crippen LogP contribution is 2.23. The first-order valence-electron chi connectivity index (χ1n) is 34.6. The number of H-pyrrole nitrogens is 1. The van der Waals surface area contributed by atoms with Gasteiger partial charge in [0.1, 0.15) is 72.5 Å². The number of nitrogens with zero attached hydrogens (tertiary/aromatic N) is 2. The molecule has 20 N–H and O–H groups in total. The monoisotopic (exact) mass is 1430 g/mol. The molecular formula is C66H112N16O19. The SMILES string of the molecule is CC[C@H](C)[C@H](N)C(=O)N[C@H](C(=O)N[C@H](C(=O)N[C@H](C(=O)N[C@@H](CC(=O)O)C(=O)N[C@@H](C)C(=O)N[C@@H](CC(C)C)C(=O)N[C@@H](Cc1cnc[nH]1)C(=O)N[C@@H](CCC(=O)O)C(=O)N[C@H](C(=O)N1CCC[C@H]1C(=O)N[C@H](C(=O)N[C@@H](CCCCN)C(=O)O)C(C)C)[C@@H](C)CC)C(C)C)C(C)C)[C@@H](C)O. The third kappa shape index (κ3) is 29.0. The van der Waals surface area contributed by atoms with Crippen LogP contribution in [-0.4, -0.2) is 222 Å². The van der Waals surface area contributed by atoms with Gasteiger partial charge in [-0.3, -0.25) is 67.1 Å². The number of unbranched alkanes of at least 4 members (excludes halogenated alkanes) is 1. The van der Waals surface area contributed by atoms with Crippen LogP contribution in [0.5, 0.6) is 0 Å². The van der Waals surface area contributed by atoms with Gasteiger partial charge in [0.25, 0.3) is 0 Å². The molecule has 35 nitrogen and oxygen atoms in total. The number of aliphatic carboxylic acids is 3. The summed E-state index contributed by atoms with van der Waals surface area (Å²) in [6.45, 7) is 22.6. The van der Waals surface area contributed by atoms with Crippen LogP contribution in [0.3, 0.4) is 0 Å². The number of nitrogens with two attached hydrogens (primary N) is 2. The van der Waals surface area contributed by atoms with Crippen LogP contribution in [0.1, 0.15) is 173 Å². The molecule has 35 heteroatoms. The normalized spacial score (nSPS) is 17.4. The smallest absolute Gasteiger partial charge is 0.326 e. The molecule has 1 aromatic heterocycles. The van der Waals surface area contributed by atoms with Gasteiger partial charge in [-0.25, -0.2) is 9.78 Å². The van der Waals surface area contributed by atoms with Crippen LogP contribution in [0.15, 0.2) is 12.5 Å². The molecule has 0 radical (unpaired) electrons. The zero-order chi connectivity index (χ0) is 76.9. The fourth-order valence-electron chi connectivity index (χ4n) is 10.9. The molecule has 16 atom stereocenters. The second-order valence-corrected chi connectivity index (χ2v) is 27.5. The maximum absolute atomic E-state index is 14.6. The van der Waals surface area contributed by atoms with Gasteiger partial charge < -0.3 is 100 Å². The number of carbonyl (C=O) groups excluding carboxylic acids is 12.